The summed E-state index contributed by atoms with van der Waals surface area (Å²) in [5.74, 6) is 5.81. The summed E-state index contributed by atoms with van der Waals surface area (Å²) < 4.78 is 5.42. The van der Waals surface area contributed by atoms with Gasteiger partial charge in [0.05, 0.1) is 0 Å². The zero-order valence-corrected chi connectivity index (χ0v) is 9.69. The molecule has 0 aromatic heterocycles. The van der Waals surface area contributed by atoms with Gasteiger partial charge in [0.25, 0.3) is 5.91 Å². The van der Waals surface area contributed by atoms with Crippen molar-refractivity contribution in [2.75, 3.05) is 6.61 Å². The number of ether oxygens (including phenoxy) is 1. The Kier molecular flexibility index (Phi) is 4.79. The van der Waals surface area contributed by atoms with Crippen LogP contribution in [0.4, 0.5) is 0 Å². The first-order chi connectivity index (χ1) is 7.69. The summed E-state index contributed by atoms with van der Waals surface area (Å²) in [7, 11) is 0. The fourth-order valence-corrected chi connectivity index (χ4v) is 1.42. The third kappa shape index (κ3) is 3.24. The van der Waals surface area contributed by atoms with Crippen LogP contribution in [0.3, 0.4) is 0 Å². The Bertz CT molecular complexity index is 353. The van der Waals surface area contributed by atoms with Gasteiger partial charge in [-0.05, 0) is 24.0 Å². The van der Waals surface area contributed by atoms with Gasteiger partial charge in [0.15, 0.2) is 6.61 Å². The Labute approximate surface area is 95.8 Å². The van der Waals surface area contributed by atoms with Crippen molar-refractivity contribution in [2.24, 2.45) is 5.84 Å². The van der Waals surface area contributed by atoms with Crippen LogP contribution in [0.15, 0.2) is 24.3 Å². The molecular formula is C12H18N2O2. The number of hydrogen-bond donors (Lipinski definition) is 2. The maximum atomic E-state index is 11.0. The topological polar surface area (TPSA) is 64.3 Å². The van der Waals surface area contributed by atoms with E-state index in [9.17, 15) is 4.79 Å². The van der Waals surface area contributed by atoms with Gasteiger partial charge in [-0.3, -0.25) is 10.2 Å². The van der Waals surface area contributed by atoms with Crippen molar-refractivity contribution in [3.05, 3.63) is 29.8 Å². The van der Waals surface area contributed by atoms with Crippen molar-refractivity contribution in [1.82, 2.24) is 5.43 Å². The van der Waals surface area contributed by atoms with Gasteiger partial charge < -0.3 is 4.74 Å². The smallest absolute Gasteiger partial charge is 0.271 e. The van der Waals surface area contributed by atoms with Gasteiger partial charge in [0, 0.05) is 0 Å². The van der Waals surface area contributed by atoms with E-state index in [1.807, 2.05) is 29.7 Å². The largest absolute Gasteiger partial charge is 0.483 e. The third-order valence-corrected chi connectivity index (χ3v) is 2.58. The first-order valence-electron chi connectivity index (χ1n) is 5.40. The molecule has 0 bridgehead atoms. The molecule has 0 aliphatic carbocycles. The van der Waals surface area contributed by atoms with E-state index in [-0.39, 0.29) is 12.5 Å². The van der Waals surface area contributed by atoms with E-state index in [1.165, 1.54) is 0 Å². The van der Waals surface area contributed by atoms with Crippen molar-refractivity contribution in [3.63, 3.8) is 0 Å². The molecule has 1 rings (SSSR count). The maximum absolute atomic E-state index is 11.0. The number of carbonyl (C=O) groups is 1. The van der Waals surface area contributed by atoms with Crippen LogP contribution in [0.5, 0.6) is 5.75 Å². The minimum atomic E-state index is -0.334. The van der Waals surface area contributed by atoms with Gasteiger partial charge in [-0.1, -0.05) is 32.0 Å². The minimum Gasteiger partial charge on any atom is -0.483 e. The molecular weight excluding hydrogens is 204 g/mol. The first kappa shape index (κ1) is 12.5. The number of carbonyl (C=O) groups excluding carboxylic acids is 1. The van der Waals surface area contributed by atoms with Crippen molar-refractivity contribution < 1.29 is 9.53 Å². The number of nitrogens with one attached hydrogen (secondary N) is 1. The predicted molar refractivity (Wildman–Crippen MR) is 63.0 cm³/mol. The average molecular weight is 222 g/mol. The molecule has 1 aromatic rings. The van der Waals surface area contributed by atoms with E-state index in [0.717, 1.165) is 17.7 Å². The third-order valence-electron chi connectivity index (χ3n) is 2.58. The van der Waals surface area contributed by atoms with Gasteiger partial charge >= 0.3 is 0 Å². The van der Waals surface area contributed by atoms with Gasteiger partial charge in [-0.15, -0.1) is 0 Å². The zero-order valence-electron chi connectivity index (χ0n) is 9.69. The molecule has 16 heavy (non-hydrogen) atoms. The Morgan fingerprint density at radius 2 is 2.19 bits per heavy atom. The molecule has 0 spiro atoms. The summed E-state index contributed by atoms with van der Waals surface area (Å²) >= 11 is 0. The van der Waals surface area contributed by atoms with Crippen LogP contribution in [-0.4, -0.2) is 12.5 Å². The number of rotatable bonds is 5. The van der Waals surface area contributed by atoms with Crippen molar-refractivity contribution in [2.45, 2.75) is 26.2 Å². The van der Waals surface area contributed by atoms with Crippen molar-refractivity contribution in [3.8, 4) is 5.75 Å². The molecule has 0 aliphatic rings. The van der Waals surface area contributed by atoms with Crippen molar-refractivity contribution >= 4 is 5.91 Å². The highest BCUT2D eigenvalue weighted by Crippen LogP contribution is 2.28. The molecule has 0 radical (unpaired) electrons. The van der Waals surface area contributed by atoms with E-state index in [2.05, 4.69) is 13.8 Å². The second-order valence-electron chi connectivity index (χ2n) is 3.70. The van der Waals surface area contributed by atoms with Crippen LogP contribution in [-0.2, 0) is 4.79 Å². The standard InChI is InChI=1S/C12H18N2O2/c1-3-9(2)10-6-4-5-7-11(10)16-8-12(15)14-13/h4-7,9H,3,8,13H2,1-2H3,(H,14,15)/t9-/m0/s1. The van der Waals surface area contributed by atoms with Crippen LogP contribution < -0.4 is 16.0 Å². The summed E-state index contributed by atoms with van der Waals surface area (Å²) in [6, 6.07) is 7.74. The first-order valence-corrected chi connectivity index (χ1v) is 5.40. The van der Waals surface area contributed by atoms with Crippen LogP contribution in [0.1, 0.15) is 31.7 Å². The highest BCUT2D eigenvalue weighted by Gasteiger charge is 2.10. The molecule has 0 heterocycles. The number of para-hydroxylation sites is 1. The molecule has 0 fully saturated rings. The summed E-state index contributed by atoms with van der Waals surface area (Å²) in [6.45, 7) is 4.20. The fourth-order valence-electron chi connectivity index (χ4n) is 1.42. The van der Waals surface area contributed by atoms with Gasteiger partial charge in [0.2, 0.25) is 0 Å². The number of nitrogens with two attached hydrogens (primary N) is 1. The lowest BCUT2D eigenvalue weighted by Crippen LogP contribution is -2.34. The molecule has 0 aliphatic heterocycles. The maximum Gasteiger partial charge on any atom is 0.271 e. The summed E-state index contributed by atoms with van der Waals surface area (Å²) in [5.41, 5.74) is 3.15. The number of amides is 1. The molecule has 1 atom stereocenters. The molecule has 4 nitrogen and oxygen atoms in total. The number of hydrogen-bond acceptors (Lipinski definition) is 3. The van der Waals surface area contributed by atoms with Gasteiger partial charge in [-0.25, -0.2) is 5.84 Å². The Hall–Kier alpha value is -1.55. The van der Waals surface area contributed by atoms with E-state index >= 15 is 0 Å². The summed E-state index contributed by atoms with van der Waals surface area (Å²) in [5, 5.41) is 0. The van der Waals surface area contributed by atoms with Crippen LogP contribution in [0.25, 0.3) is 0 Å². The lowest BCUT2D eigenvalue weighted by Gasteiger charge is -2.14. The molecule has 0 unspecified atom stereocenters. The molecule has 3 N–H and O–H groups in total. The van der Waals surface area contributed by atoms with E-state index in [0.29, 0.717) is 5.92 Å². The predicted octanol–water partition coefficient (Wildman–Crippen LogP) is 1.57. The van der Waals surface area contributed by atoms with E-state index in [4.69, 9.17) is 10.6 Å². The van der Waals surface area contributed by atoms with Crippen LogP contribution >= 0.6 is 0 Å². The average Bonchev–Trinajstić information content (AvgIpc) is 2.35. The monoisotopic (exact) mass is 222 g/mol. The molecule has 0 saturated carbocycles. The molecule has 4 heteroatoms. The highest BCUT2D eigenvalue weighted by atomic mass is 16.5. The van der Waals surface area contributed by atoms with Gasteiger partial charge in [0.1, 0.15) is 5.75 Å². The summed E-state index contributed by atoms with van der Waals surface area (Å²) in [6.07, 6.45) is 1.03. The quantitative estimate of drug-likeness (QED) is 0.451. The van der Waals surface area contributed by atoms with E-state index < -0.39 is 0 Å². The number of hydrazine groups is 1. The Balaban J connectivity index is 2.75. The van der Waals surface area contributed by atoms with Crippen LogP contribution in [0.2, 0.25) is 0 Å². The summed E-state index contributed by atoms with van der Waals surface area (Å²) in [4.78, 5) is 11.0. The molecule has 1 aromatic carbocycles. The molecule has 88 valence electrons. The minimum absolute atomic E-state index is 0.0516. The Morgan fingerprint density at radius 1 is 1.50 bits per heavy atom. The zero-order chi connectivity index (χ0) is 12.0. The van der Waals surface area contributed by atoms with E-state index in [1.54, 1.807) is 0 Å². The number of benzene rings is 1. The van der Waals surface area contributed by atoms with Gasteiger partial charge in [-0.2, -0.15) is 0 Å². The second kappa shape index (κ2) is 6.12. The molecule has 1 amide bonds. The lowest BCUT2D eigenvalue weighted by atomic mass is 9.98. The highest BCUT2D eigenvalue weighted by molar-refractivity contribution is 5.76. The Morgan fingerprint density at radius 3 is 2.81 bits per heavy atom. The van der Waals surface area contributed by atoms with Crippen molar-refractivity contribution in [1.29, 1.82) is 0 Å². The SMILES string of the molecule is CC[C@H](C)c1ccccc1OCC(=O)NN. The fraction of sp³-hybridized carbons (Fsp3) is 0.417. The lowest BCUT2D eigenvalue weighted by molar-refractivity contribution is -0.123. The normalized spacial score (nSPS) is 11.9. The van der Waals surface area contributed by atoms with Crippen LogP contribution in [0, 0.1) is 0 Å². The second-order valence-corrected chi connectivity index (χ2v) is 3.70. The molecule has 0 saturated heterocycles.